The van der Waals surface area contributed by atoms with Crippen molar-refractivity contribution in [3.63, 3.8) is 0 Å². The Bertz CT molecular complexity index is 834. The number of aromatic nitrogens is 4. The van der Waals surface area contributed by atoms with Crippen LogP contribution in [0.15, 0.2) is 41.8 Å². The van der Waals surface area contributed by atoms with Gasteiger partial charge in [0, 0.05) is 24.9 Å². The number of halogens is 1. The van der Waals surface area contributed by atoms with E-state index in [1.807, 2.05) is 7.05 Å². The molecular formula is C15H14FN5OS. The van der Waals surface area contributed by atoms with Crippen molar-refractivity contribution >= 4 is 34.4 Å². The van der Waals surface area contributed by atoms with Gasteiger partial charge in [-0.1, -0.05) is 0 Å². The standard InChI is InChI=1S/C15H14FN5OS/c1-21-14-12(8-19-21)15(18-9-17-14)23-7-6-13(22)20-11-4-2-10(16)3-5-11/h2-5,8-9H,6-7H2,1H3,(H,20,22). The van der Waals surface area contributed by atoms with E-state index in [2.05, 4.69) is 20.4 Å². The first kappa shape index (κ1) is 15.4. The highest BCUT2D eigenvalue weighted by molar-refractivity contribution is 7.99. The van der Waals surface area contributed by atoms with Crippen LogP contribution in [0.4, 0.5) is 10.1 Å². The van der Waals surface area contributed by atoms with Gasteiger partial charge in [0.1, 0.15) is 17.2 Å². The normalized spacial score (nSPS) is 10.9. The van der Waals surface area contributed by atoms with E-state index in [-0.39, 0.29) is 11.7 Å². The van der Waals surface area contributed by atoms with E-state index in [4.69, 9.17) is 0 Å². The predicted molar refractivity (Wildman–Crippen MR) is 86.7 cm³/mol. The number of nitrogens with one attached hydrogen (secondary N) is 1. The van der Waals surface area contributed by atoms with E-state index in [1.54, 1.807) is 10.9 Å². The third-order valence-corrected chi connectivity index (χ3v) is 4.20. The van der Waals surface area contributed by atoms with Crippen molar-refractivity contribution in [3.05, 3.63) is 42.6 Å². The first-order valence-corrected chi connectivity index (χ1v) is 7.93. The van der Waals surface area contributed by atoms with Crippen LogP contribution in [-0.4, -0.2) is 31.4 Å². The number of hydrogen-bond acceptors (Lipinski definition) is 5. The second kappa shape index (κ2) is 6.74. The topological polar surface area (TPSA) is 72.7 Å². The van der Waals surface area contributed by atoms with Crippen molar-refractivity contribution in [1.29, 1.82) is 0 Å². The monoisotopic (exact) mass is 331 g/mol. The zero-order valence-electron chi connectivity index (χ0n) is 12.4. The molecule has 2 aromatic heterocycles. The molecule has 118 valence electrons. The predicted octanol–water partition coefficient (Wildman–Crippen LogP) is 2.62. The minimum absolute atomic E-state index is 0.124. The minimum Gasteiger partial charge on any atom is -0.326 e. The SMILES string of the molecule is Cn1ncc2c(SCCC(=O)Nc3ccc(F)cc3)ncnc21. The molecule has 0 aliphatic carbocycles. The molecule has 3 aromatic rings. The van der Waals surface area contributed by atoms with Gasteiger partial charge in [-0.15, -0.1) is 11.8 Å². The van der Waals surface area contributed by atoms with Crippen LogP contribution in [0.25, 0.3) is 11.0 Å². The Hall–Kier alpha value is -2.48. The Kier molecular flexibility index (Phi) is 4.52. The second-order valence-electron chi connectivity index (χ2n) is 4.84. The van der Waals surface area contributed by atoms with Crippen molar-refractivity contribution in [2.75, 3.05) is 11.1 Å². The summed E-state index contributed by atoms with van der Waals surface area (Å²) in [6, 6.07) is 5.68. The summed E-state index contributed by atoms with van der Waals surface area (Å²) in [6.07, 6.45) is 3.54. The lowest BCUT2D eigenvalue weighted by Gasteiger charge is -2.05. The van der Waals surface area contributed by atoms with Crippen LogP contribution < -0.4 is 5.32 Å². The van der Waals surface area contributed by atoms with Crippen molar-refractivity contribution in [1.82, 2.24) is 19.7 Å². The molecule has 1 aromatic carbocycles. The summed E-state index contributed by atoms with van der Waals surface area (Å²) in [5, 5.41) is 8.56. The zero-order chi connectivity index (χ0) is 16.2. The number of hydrogen-bond donors (Lipinski definition) is 1. The maximum absolute atomic E-state index is 12.8. The summed E-state index contributed by atoms with van der Waals surface area (Å²) in [4.78, 5) is 20.3. The molecule has 0 saturated carbocycles. The molecule has 1 N–H and O–H groups in total. The van der Waals surface area contributed by atoms with Crippen molar-refractivity contribution in [2.24, 2.45) is 7.05 Å². The number of benzene rings is 1. The van der Waals surface area contributed by atoms with Gasteiger partial charge in [-0.2, -0.15) is 5.10 Å². The molecule has 0 bridgehead atoms. The molecule has 1 amide bonds. The summed E-state index contributed by atoms with van der Waals surface area (Å²) < 4.78 is 14.5. The third-order valence-electron chi connectivity index (χ3n) is 3.19. The number of anilines is 1. The number of fused-ring (bicyclic) bond motifs is 1. The zero-order valence-corrected chi connectivity index (χ0v) is 13.2. The van der Waals surface area contributed by atoms with E-state index in [1.165, 1.54) is 42.4 Å². The Labute approximate surface area is 136 Å². The summed E-state index contributed by atoms with van der Waals surface area (Å²) in [6.45, 7) is 0. The Balaban J connectivity index is 1.56. The molecule has 23 heavy (non-hydrogen) atoms. The summed E-state index contributed by atoms with van der Waals surface area (Å²) >= 11 is 1.48. The number of nitrogens with zero attached hydrogens (tertiary/aromatic N) is 4. The number of carbonyl (C=O) groups excluding carboxylic acids is 1. The largest absolute Gasteiger partial charge is 0.326 e. The highest BCUT2D eigenvalue weighted by Crippen LogP contribution is 2.24. The Morgan fingerprint density at radius 2 is 2.09 bits per heavy atom. The number of thioether (sulfide) groups is 1. The van der Waals surface area contributed by atoms with E-state index in [0.717, 1.165) is 16.1 Å². The maximum atomic E-state index is 12.8. The van der Waals surface area contributed by atoms with Crippen LogP contribution >= 0.6 is 11.8 Å². The highest BCUT2D eigenvalue weighted by atomic mass is 32.2. The molecule has 0 unspecified atom stereocenters. The molecule has 0 saturated heterocycles. The molecule has 0 fully saturated rings. The van der Waals surface area contributed by atoms with Crippen LogP contribution in [0.2, 0.25) is 0 Å². The van der Waals surface area contributed by atoms with Crippen LogP contribution in [0.3, 0.4) is 0 Å². The number of aryl methyl sites for hydroxylation is 1. The van der Waals surface area contributed by atoms with Crippen LogP contribution in [0.1, 0.15) is 6.42 Å². The van der Waals surface area contributed by atoms with Crippen LogP contribution in [0, 0.1) is 5.82 Å². The summed E-state index contributed by atoms with van der Waals surface area (Å²) in [5.74, 6) is 0.122. The molecule has 0 aliphatic rings. The Morgan fingerprint density at radius 1 is 1.30 bits per heavy atom. The quantitative estimate of drug-likeness (QED) is 0.575. The lowest BCUT2D eigenvalue weighted by atomic mass is 10.3. The molecule has 2 heterocycles. The van der Waals surface area contributed by atoms with Gasteiger partial charge < -0.3 is 5.32 Å². The fourth-order valence-corrected chi connectivity index (χ4v) is 2.95. The average Bonchev–Trinajstić information content (AvgIpc) is 2.92. The first-order valence-electron chi connectivity index (χ1n) is 6.94. The van der Waals surface area contributed by atoms with Crippen molar-refractivity contribution < 1.29 is 9.18 Å². The smallest absolute Gasteiger partial charge is 0.225 e. The summed E-state index contributed by atoms with van der Waals surface area (Å²) in [5.41, 5.74) is 1.34. The number of rotatable bonds is 5. The van der Waals surface area contributed by atoms with Gasteiger partial charge in [0.2, 0.25) is 5.91 Å². The molecule has 0 atom stereocenters. The lowest BCUT2D eigenvalue weighted by Crippen LogP contribution is -2.12. The molecule has 0 radical (unpaired) electrons. The molecule has 0 spiro atoms. The minimum atomic E-state index is -0.331. The molecular weight excluding hydrogens is 317 g/mol. The number of amides is 1. The van der Waals surface area contributed by atoms with Gasteiger partial charge in [0.05, 0.1) is 11.6 Å². The van der Waals surface area contributed by atoms with E-state index in [0.29, 0.717) is 17.9 Å². The van der Waals surface area contributed by atoms with Crippen LogP contribution in [-0.2, 0) is 11.8 Å². The maximum Gasteiger partial charge on any atom is 0.225 e. The van der Waals surface area contributed by atoms with Gasteiger partial charge >= 0.3 is 0 Å². The van der Waals surface area contributed by atoms with Crippen LogP contribution in [0.5, 0.6) is 0 Å². The highest BCUT2D eigenvalue weighted by Gasteiger charge is 2.09. The fraction of sp³-hybridized carbons (Fsp3) is 0.200. The summed E-state index contributed by atoms with van der Waals surface area (Å²) in [7, 11) is 1.82. The Morgan fingerprint density at radius 3 is 2.87 bits per heavy atom. The third kappa shape index (κ3) is 3.65. The average molecular weight is 331 g/mol. The molecule has 8 heteroatoms. The van der Waals surface area contributed by atoms with E-state index >= 15 is 0 Å². The second-order valence-corrected chi connectivity index (χ2v) is 5.92. The van der Waals surface area contributed by atoms with Crippen molar-refractivity contribution in [2.45, 2.75) is 11.4 Å². The fourth-order valence-electron chi connectivity index (χ4n) is 2.05. The van der Waals surface area contributed by atoms with E-state index < -0.39 is 0 Å². The van der Waals surface area contributed by atoms with E-state index in [9.17, 15) is 9.18 Å². The van der Waals surface area contributed by atoms with Gasteiger partial charge in [-0.05, 0) is 24.3 Å². The van der Waals surface area contributed by atoms with Gasteiger partial charge in [-0.3, -0.25) is 9.48 Å². The molecule has 3 rings (SSSR count). The van der Waals surface area contributed by atoms with Crippen molar-refractivity contribution in [3.8, 4) is 0 Å². The lowest BCUT2D eigenvalue weighted by molar-refractivity contribution is -0.115. The number of carbonyl (C=O) groups is 1. The van der Waals surface area contributed by atoms with Gasteiger partial charge in [0.25, 0.3) is 0 Å². The molecule has 0 aliphatic heterocycles. The first-order chi connectivity index (χ1) is 11.1. The van der Waals surface area contributed by atoms with Gasteiger partial charge in [0.15, 0.2) is 5.65 Å². The van der Waals surface area contributed by atoms with Gasteiger partial charge in [-0.25, -0.2) is 14.4 Å². The molecule has 6 nitrogen and oxygen atoms in total.